The number of carbonyl (C=O) groups excluding carboxylic acids is 1. The van der Waals surface area contributed by atoms with Gasteiger partial charge in [0.25, 0.3) is 0 Å². The van der Waals surface area contributed by atoms with E-state index in [4.69, 9.17) is 0 Å². The maximum Gasteiger partial charge on any atom is 0.321 e. The van der Waals surface area contributed by atoms with Crippen LogP contribution in [0.2, 0.25) is 0 Å². The molecule has 2 amide bonds. The van der Waals surface area contributed by atoms with Crippen LogP contribution >= 0.6 is 11.3 Å². The third kappa shape index (κ3) is 4.80. The van der Waals surface area contributed by atoms with E-state index in [2.05, 4.69) is 15.6 Å². The summed E-state index contributed by atoms with van der Waals surface area (Å²) in [5, 5.41) is 18.0. The molecule has 1 rings (SSSR count). The second-order valence-electron chi connectivity index (χ2n) is 5.78. The number of aliphatic hydroxyl groups is 1. The highest BCUT2D eigenvalue weighted by molar-refractivity contribution is 7.13. The minimum atomic E-state index is -0.463. The molecule has 0 saturated heterocycles. The van der Waals surface area contributed by atoms with Crippen LogP contribution in [-0.2, 0) is 0 Å². The zero-order valence-corrected chi connectivity index (χ0v) is 13.0. The quantitative estimate of drug-likeness (QED) is 0.778. The molecule has 0 saturated carbocycles. The van der Waals surface area contributed by atoms with Crippen LogP contribution in [0.5, 0.6) is 0 Å². The SMILES string of the molecule is Cc1csc(NC(=O)NCC(C)(C)C(O)C(C)C)n1. The highest BCUT2D eigenvalue weighted by atomic mass is 32.1. The number of thiazole rings is 1. The Morgan fingerprint density at radius 1 is 1.53 bits per heavy atom. The summed E-state index contributed by atoms with van der Waals surface area (Å²) in [5.41, 5.74) is 0.514. The summed E-state index contributed by atoms with van der Waals surface area (Å²) in [6.07, 6.45) is -0.463. The topological polar surface area (TPSA) is 74.2 Å². The van der Waals surface area contributed by atoms with Crippen molar-refractivity contribution in [1.29, 1.82) is 0 Å². The van der Waals surface area contributed by atoms with Crippen molar-refractivity contribution in [2.24, 2.45) is 11.3 Å². The van der Waals surface area contributed by atoms with E-state index in [1.165, 1.54) is 11.3 Å². The highest BCUT2D eigenvalue weighted by Gasteiger charge is 2.30. The van der Waals surface area contributed by atoms with Gasteiger partial charge in [0.05, 0.1) is 11.8 Å². The van der Waals surface area contributed by atoms with E-state index in [-0.39, 0.29) is 17.4 Å². The summed E-state index contributed by atoms with van der Waals surface area (Å²) >= 11 is 1.39. The number of aliphatic hydroxyl groups excluding tert-OH is 1. The van der Waals surface area contributed by atoms with Crippen LogP contribution in [0.15, 0.2) is 5.38 Å². The molecule has 0 radical (unpaired) electrons. The van der Waals surface area contributed by atoms with Crippen molar-refractivity contribution in [2.45, 2.75) is 40.7 Å². The van der Waals surface area contributed by atoms with E-state index in [0.717, 1.165) is 5.69 Å². The summed E-state index contributed by atoms with van der Waals surface area (Å²) in [5.74, 6) is 0.154. The van der Waals surface area contributed by atoms with E-state index < -0.39 is 6.10 Å². The van der Waals surface area contributed by atoms with Crippen LogP contribution in [0.4, 0.5) is 9.93 Å². The Hall–Kier alpha value is -1.14. The van der Waals surface area contributed by atoms with E-state index in [1.807, 2.05) is 40.0 Å². The number of aryl methyl sites for hydroxylation is 1. The normalized spacial score (nSPS) is 13.4. The predicted molar refractivity (Wildman–Crippen MR) is 78.5 cm³/mol. The molecule has 1 atom stereocenters. The predicted octanol–water partition coefficient (Wildman–Crippen LogP) is 2.62. The zero-order valence-electron chi connectivity index (χ0n) is 12.2. The van der Waals surface area contributed by atoms with Gasteiger partial charge in [-0.3, -0.25) is 5.32 Å². The van der Waals surface area contributed by atoms with E-state index in [9.17, 15) is 9.90 Å². The monoisotopic (exact) mass is 285 g/mol. The lowest BCUT2D eigenvalue weighted by atomic mass is 9.81. The molecule has 0 bridgehead atoms. The second-order valence-corrected chi connectivity index (χ2v) is 6.64. The maximum absolute atomic E-state index is 11.7. The van der Waals surface area contributed by atoms with Crippen LogP contribution < -0.4 is 10.6 Å². The minimum Gasteiger partial charge on any atom is -0.392 e. The largest absolute Gasteiger partial charge is 0.392 e. The van der Waals surface area contributed by atoms with Crippen molar-refractivity contribution in [3.63, 3.8) is 0 Å². The third-order valence-corrected chi connectivity index (χ3v) is 3.85. The van der Waals surface area contributed by atoms with Gasteiger partial charge in [0.1, 0.15) is 0 Å². The Bertz CT molecular complexity index is 429. The standard InChI is InChI=1S/C13H23N3O2S/c1-8(2)10(17)13(4,5)7-14-11(18)16-12-15-9(3)6-19-12/h6,8,10,17H,7H2,1-5H3,(H2,14,15,16,18). The molecule has 0 aliphatic heterocycles. The molecule has 0 aliphatic rings. The fourth-order valence-corrected chi connectivity index (χ4v) is 2.55. The van der Waals surface area contributed by atoms with Gasteiger partial charge in [-0.05, 0) is 12.8 Å². The van der Waals surface area contributed by atoms with Crippen molar-refractivity contribution in [3.05, 3.63) is 11.1 Å². The number of hydrogen-bond donors (Lipinski definition) is 3. The average Bonchev–Trinajstić information content (AvgIpc) is 2.71. The Balaban J connectivity index is 2.45. The van der Waals surface area contributed by atoms with Crippen molar-refractivity contribution in [1.82, 2.24) is 10.3 Å². The summed E-state index contributed by atoms with van der Waals surface area (Å²) in [7, 11) is 0. The number of anilines is 1. The lowest BCUT2D eigenvalue weighted by Gasteiger charge is -2.33. The summed E-state index contributed by atoms with van der Waals surface area (Å²) < 4.78 is 0. The molecule has 1 heterocycles. The van der Waals surface area contributed by atoms with Gasteiger partial charge >= 0.3 is 6.03 Å². The second kappa shape index (κ2) is 6.34. The number of carbonyl (C=O) groups is 1. The molecule has 0 spiro atoms. The summed E-state index contributed by atoms with van der Waals surface area (Å²) in [6, 6.07) is -0.293. The minimum absolute atomic E-state index is 0.154. The molecular weight excluding hydrogens is 262 g/mol. The molecule has 1 aromatic rings. The van der Waals surface area contributed by atoms with Gasteiger partial charge in [-0.2, -0.15) is 0 Å². The van der Waals surface area contributed by atoms with Gasteiger partial charge < -0.3 is 10.4 Å². The van der Waals surface area contributed by atoms with Crippen molar-refractivity contribution in [3.8, 4) is 0 Å². The first-order valence-electron chi connectivity index (χ1n) is 6.37. The van der Waals surface area contributed by atoms with Gasteiger partial charge in [-0.1, -0.05) is 27.7 Å². The molecule has 0 aliphatic carbocycles. The molecular formula is C13H23N3O2S. The van der Waals surface area contributed by atoms with Crippen LogP contribution in [0.25, 0.3) is 0 Å². The number of nitrogens with zero attached hydrogens (tertiary/aromatic N) is 1. The average molecular weight is 285 g/mol. The van der Waals surface area contributed by atoms with Gasteiger partial charge in [0.15, 0.2) is 5.13 Å². The Labute approximate surface area is 118 Å². The third-order valence-electron chi connectivity index (χ3n) is 2.98. The lowest BCUT2D eigenvalue weighted by Crippen LogP contribution is -2.44. The van der Waals surface area contributed by atoms with Crippen LogP contribution in [-0.4, -0.2) is 28.8 Å². The molecule has 19 heavy (non-hydrogen) atoms. The molecule has 3 N–H and O–H groups in total. The number of amides is 2. The van der Waals surface area contributed by atoms with Gasteiger partial charge in [0, 0.05) is 17.3 Å². The molecule has 6 heteroatoms. The smallest absolute Gasteiger partial charge is 0.321 e. The Kier molecular flexibility index (Phi) is 5.31. The van der Waals surface area contributed by atoms with Crippen LogP contribution in [0.3, 0.4) is 0 Å². The van der Waals surface area contributed by atoms with E-state index in [0.29, 0.717) is 11.7 Å². The lowest BCUT2D eigenvalue weighted by molar-refractivity contribution is 0.0154. The highest BCUT2D eigenvalue weighted by Crippen LogP contribution is 2.25. The van der Waals surface area contributed by atoms with Crippen LogP contribution in [0, 0.1) is 18.3 Å². The molecule has 5 nitrogen and oxygen atoms in total. The Morgan fingerprint density at radius 3 is 2.63 bits per heavy atom. The molecule has 0 fully saturated rings. The number of aromatic nitrogens is 1. The zero-order chi connectivity index (χ0) is 14.6. The van der Waals surface area contributed by atoms with Gasteiger partial charge in [-0.15, -0.1) is 11.3 Å². The van der Waals surface area contributed by atoms with E-state index in [1.54, 1.807) is 0 Å². The van der Waals surface area contributed by atoms with Crippen molar-refractivity contribution < 1.29 is 9.90 Å². The molecule has 0 aromatic carbocycles. The number of rotatable bonds is 5. The van der Waals surface area contributed by atoms with Crippen molar-refractivity contribution >= 4 is 22.5 Å². The molecule has 1 unspecified atom stereocenters. The summed E-state index contributed by atoms with van der Waals surface area (Å²) in [4.78, 5) is 15.9. The number of nitrogens with one attached hydrogen (secondary N) is 2. The number of urea groups is 1. The number of hydrogen-bond acceptors (Lipinski definition) is 4. The van der Waals surface area contributed by atoms with Gasteiger partial charge in [-0.25, -0.2) is 9.78 Å². The van der Waals surface area contributed by atoms with E-state index >= 15 is 0 Å². The van der Waals surface area contributed by atoms with Gasteiger partial charge in [0.2, 0.25) is 0 Å². The fourth-order valence-electron chi connectivity index (χ4n) is 1.87. The first-order valence-corrected chi connectivity index (χ1v) is 7.25. The van der Waals surface area contributed by atoms with Crippen LogP contribution in [0.1, 0.15) is 33.4 Å². The first kappa shape index (κ1) is 15.9. The Morgan fingerprint density at radius 2 is 2.16 bits per heavy atom. The fraction of sp³-hybridized carbons (Fsp3) is 0.692. The molecule has 108 valence electrons. The maximum atomic E-state index is 11.7. The molecule has 1 aromatic heterocycles. The van der Waals surface area contributed by atoms with Crippen molar-refractivity contribution in [2.75, 3.05) is 11.9 Å². The first-order chi connectivity index (χ1) is 8.72. The summed E-state index contributed by atoms with van der Waals surface area (Å²) in [6.45, 7) is 10.1.